The van der Waals surface area contributed by atoms with E-state index in [1.165, 1.54) is 0 Å². The SMILES string of the molecule is NNC(=O)[C@H]1CC[C@H](OC(N)=O)[C@H](OC(N)=O)C1. The molecule has 1 aliphatic rings. The fourth-order valence-corrected chi connectivity index (χ4v) is 2.01. The summed E-state index contributed by atoms with van der Waals surface area (Å²) >= 11 is 0. The predicted octanol–water partition coefficient (Wildman–Crippen LogP) is -1.30. The number of hydrogen-bond acceptors (Lipinski definition) is 6. The summed E-state index contributed by atoms with van der Waals surface area (Å²) in [4.78, 5) is 32.8. The van der Waals surface area contributed by atoms with Gasteiger partial charge in [-0.2, -0.15) is 0 Å². The summed E-state index contributed by atoms with van der Waals surface area (Å²) in [5.41, 5.74) is 11.8. The molecule has 0 aromatic rings. The van der Waals surface area contributed by atoms with Crippen LogP contribution in [0.4, 0.5) is 9.59 Å². The van der Waals surface area contributed by atoms with Gasteiger partial charge in [0.2, 0.25) is 5.91 Å². The summed E-state index contributed by atoms with van der Waals surface area (Å²) in [6, 6.07) is 0. The summed E-state index contributed by atoms with van der Waals surface area (Å²) < 4.78 is 9.62. The van der Waals surface area contributed by atoms with Gasteiger partial charge in [-0.1, -0.05) is 0 Å². The van der Waals surface area contributed by atoms with Gasteiger partial charge in [-0.15, -0.1) is 0 Å². The number of carbonyl (C=O) groups is 3. The number of carbonyl (C=O) groups excluding carboxylic acids is 3. The summed E-state index contributed by atoms with van der Waals surface area (Å²) in [5.74, 6) is 4.23. The highest BCUT2D eigenvalue weighted by Crippen LogP contribution is 2.28. The van der Waals surface area contributed by atoms with E-state index in [1.807, 2.05) is 5.43 Å². The van der Waals surface area contributed by atoms with Gasteiger partial charge in [0.1, 0.15) is 12.2 Å². The van der Waals surface area contributed by atoms with Gasteiger partial charge in [0.25, 0.3) is 0 Å². The smallest absolute Gasteiger partial charge is 0.404 e. The van der Waals surface area contributed by atoms with E-state index in [0.29, 0.717) is 12.8 Å². The quantitative estimate of drug-likeness (QED) is 0.280. The summed E-state index contributed by atoms with van der Waals surface area (Å²) in [6.07, 6.45) is -2.53. The molecule has 1 aliphatic carbocycles. The van der Waals surface area contributed by atoms with Crippen molar-refractivity contribution in [2.45, 2.75) is 31.5 Å². The van der Waals surface area contributed by atoms with Crippen molar-refractivity contribution in [3.8, 4) is 0 Å². The Bertz CT molecular complexity index is 348. The summed E-state index contributed by atoms with van der Waals surface area (Å²) in [5, 5.41) is 0. The number of rotatable bonds is 3. The van der Waals surface area contributed by atoms with Crippen molar-refractivity contribution in [1.82, 2.24) is 5.43 Å². The van der Waals surface area contributed by atoms with Crippen LogP contribution in [-0.2, 0) is 14.3 Å². The van der Waals surface area contributed by atoms with Crippen LogP contribution in [0.5, 0.6) is 0 Å². The molecule has 1 fully saturated rings. The van der Waals surface area contributed by atoms with Crippen molar-refractivity contribution in [2.75, 3.05) is 0 Å². The second-order valence-corrected chi connectivity index (χ2v) is 3.97. The Morgan fingerprint density at radius 1 is 1.00 bits per heavy atom. The molecule has 0 radical (unpaired) electrons. The molecule has 0 aromatic carbocycles. The van der Waals surface area contributed by atoms with Crippen LogP contribution < -0.4 is 22.7 Å². The van der Waals surface area contributed by atoms with E-state index in [-0.39, 0.29) is 12.3 Å². The first-order chi connectivity index (χ1) is 8.43. The average molecular weight is 260 g/mol. The Morgan fingerprint density at radius 3 is 2.06 bits per heavy atom. The minimum Gasteiger partial charge on any atom is -0.442 e. The van der Waals surface area contributed by atoms with E-state index in [1.54, 1.807) is 0 Å². The molecule has 0 saturated heterocycles. The number of nitrogens with one attached hydrogen (secondary N) is 1. The van der Waals surface area contributed by atoms with Crippen LogP contribution in [0, 0.1) is 5.92 Å². The van der Waals surface area contributed by atoms with Crippen molar-refractivity contribution < 1.29 is 23.9 Å². The van der Waals surface area contributed by atoms with Gasteiger partial charge in [0.05, 0.1) is 0 Å². The van der Waals surface area contributed by atoms with Crippen LogP contribution in [0.2, 0.25) is 0 Å². The van der Waals surface area contributed by atoms with E-state index >= 15 is 0 Å². The predicted molar refractivity (Wildman–Crippen MR) is 58.6 cm³/mol. The van der Waals surface area contributed by atoms with E-state index in [4.69, 9.17) is 26.8 Å². The van der Waals surface area contributed by atoms with Crippen molar-refractivity contribution in [3.63, 3.8) is 0 Å². The lowest BCUT2D eigenvalue weighted by atomic mass is 9.84. The molecule has 0 heterocycles. The zero-order valence-electron chi connectivity index (χ0n) is 9.63. The van der Waals surface area contributed by atoms with Crippen LogP contribution in [0.3, 0.4) is 0 Å². The number of ether oxygens (including phenoxy) is 2. The molecule has 3 amide bonds. The molecule has 3 atom stereocenters. The molecule has 9 nitrogen and oxygen atoms in total. The largest absolute Gasteiger partial charge is 0.442 e. The highest BCUT2D eigenvalue weighted by Gasteiger charge is 2.37. The molecule has 0 aromatic heterocycles. The Hall–Kier alpha value is -2.03. The first kappa shape index (κ1) is 14.0. The maximum atomic E-state index is 11.4. The maximum Gasteiger partial charge on any atom is 0.404 e. The molecule has 7 N–H and O–H groups in total. The minimum absolute atomic E-state index is 0.171. The van der Waals surface area contributed by atoms with Crippen LogP contribution in [0.15, 0.2) is 0 Å². The lowest BCUT2D eigenvalue weighted by molar-refractivity contribution is -0.129. The fraction of sp³-hybridized carbons (Fsp3) is 0.667. The van der Waals surface area contributed by atoms with Crippen LogP contribution in [-0.4, -0.2) is 30.3 Å². The van der Waals surface area contributed by atoms with Gasteiger partial charge in [0.15, 0.2) is 0 Å². The van der Waals surface area contributed by atoms with Gasteiger partial charge < -0.3 is 20.9 Å². The second kappa shape index (κ2) is 6.05. The molecule has 18 heavy (non-hydrogen) atoms. The maximum absolute atomic E-state index is 11.4. The fourth-order valence-electron chi connectivity index (χ4n) is 2.01. The highest BCUT2D eigenvalue weighted by atomic mass is 16.6. The molecule has 102 valence electrons. The normalized spacial score (nSPS) is 27.1. The zero-order chi connectivity index (χ0) is 13.7. The molecule has 0 bridgehead atoms. The number of amides is 3. The topological polar surface area (TPSA) is 160 Å². The third-order valence-corrected chi connectivity index (χ3v) is 2.78. The van der Waals surface area contributed by atoms with Crippen molar-refractivity contribution >= 4 is 18.1 Å². The summed E-state index contributed by atoms with van der Waals surface area (Å²) in [7, 11) is 0. The molecule has 0 aliphatic heterocycles. The monoisotopic (exact) mass is 260 g/mol. The Balaban J connectivity index is 2.68. The standard InChI is InChI=1S/C9H16N4O5/c10-8(15)17-5-2-1-4(7(14)13-12)3-6(5)18-9(11)16/h4-6H,1-3,12H2,(H2,10,15)(H2,11,16)(H,13,14)/t4-,5-,6+/m0/s1. The first-order valence-electron chi connectivity index (χ1n) is 5.36. The van der Waals surface area contributed by atoms with Crippen molar-refractivity contribution in [3.05, 3.63) is 0 Å². The zero-order valence-corrected chi connectivity index (χ0v) is 9.63. The molecular weight excluding hydrogens is 244 g/mol. The molecule has 1 saturated carbocycles. The van der Waals surface area contributed by atoms with Crippen LogP contribution in [0.1, 0.15) is 19.3 Å². The van der Waals surface area contributed by atoms with Gasteiger partial charge in [0, 0.05) is 5.92 Å². The van der Waals surface area contributed by atoms with E-state index in [2.05, 4.69) is 0 Å². The second-order valence-electron chi connectivity index (χ2n) is 3.97. The van der Waals surface area contributed by atoms with Gasteiger partial charge in [-0.25, -0.2) is 15.4 Å². The first-order valence-corrected chi connectivity index (χ1v) is 5.36. The average Bonchev–Trinajstić information content (AvgIpc) is 2.29. The number of hydrazine groups is 1. The van der Waals surface area contributed by atoms with E-state index in [9.17, 15) is 14.4 Å². The minimum atomic E-state index is -1.01. The molecule has 1 rings (SSSR count). The van der Waals surface area contributed by atoms with E-state index < -0.39 is 30.3 Å². The van der Waals surface area contributed by atoms with Gasteiger partial charge in [-0.05, 0) is 19.3 Å². The molecular formula is C9H16N4O5. The van der Waals surface area contributed by atoms with Gasteiger partial charge >= 0.3 is 12.2 Å². The highest BCUT2D eigenvalue weighted by molar-refractivity contribution is 5.78. The number of primary amides is 2. The molecule has 9 heteroatoms. The lowest BCUT2D eigenvalue weighted by Gasteiger charge is -2.33. The third-order valence-electron chi connectivity index (χ3n) is 2.78. The Labute approximate surface area is 103 Å². The van der Waals surface area contributed by atoms with E-state index in [0.717, 1.165) is 0 Å². The van der Waals surface area contributed by atoms with Crippen LogP contribution >= 0.6 is 0 Å². The van der Waals surface area contributed by atoms with Crippen LogP contribution in [0.25, 0.3) is 0 Å². The Morgan fingerprint density at radius 2 is 1.56 bits per heavy atom. The Kier molecular flexibility index (Phi) is 4.72. The van der Waals surface area contributed by atoms with Gasteiger partial charge in [-0.3, -0.25) is 10.2 Å². The lowest BCUT2D eigenvalue weighted by Crippen LogP contribution is -2.46. The number of nitrogens with two attached hydrogens (primary N) is 3. The molecule has 0 unspecified atom stereocenters. The molecule has 0 spiro atoms. The third kappa shape index (κ3) is 3.77. The van der Waals surface area contributed by atoms with Crippen molar-refractivity contribution in [1.29, 1.82) is 0 Å². The number of hydrogen-bond donors (Lipinski definition) is 4. The summed E-state index contributed by atoms with van der Waals surface area (Å²) in [6.45, 7) is 0. The van der Waals surface area contributed by atoms with Crippen molar-refractivity contribution in [2.24, 2.45) is 23.2 Å².